The number of benzene rings is 2. The molecule has 0 spiro atoms. The van der Waals surface area contributed by atoms with E-state index in [0.717, 1.165) is 0 Å². The van der Waals surface area contributed by atoms with Crippen LogP contribution in [0.3, 0.4) is 0 Å². The Morgan fingerprint density at radius 3 is 2.40 bits per heavy atom. The van der Waals surface area contributed by atoms with Crippen LogP contribution in [0.15, 0.2) is 53.9 Å². The van der Waals surface area contributed by atoms with Gasteiger partial charge in [0.05, 0.1) is 18.6 Å². The predicted octanol–water partition coefficient (Wildman–Crippen LogP) is 4.64. The quantitative estimate of drug-likeness (QED) is 0.528. The summed E-state index contributed by atoms with van der Waals surface area (Å²) in [4.78, 5) is 0. The van der Waals surface area contributed by atoms with Crippen molar-refractivity contribution in [1.82, 2.24) is 0 Å². The van der Waals surface area contributed by atoms with E-state index in [1.165, 1.54) is 28.1 Å². The van der Waals surface area contributed by atoms with Crippen molar-refractivity contribution >= 4 is 52.2 Å². The summed E-state index contributed by atoms with van der Waals surface area (Å²) in [5.41, 5.74) is 6.43. The van der Waals surface area contributed by atoms with Gasteiger partial charge in [0, 0.05) is 33.4 Å². The number of thiol groups is 1. The summed E-state index contributed by atoms with van der Waals surface area (Å²) < 4.78 is 0.0400. The van der Waals surface area contributed by atoms with Crippen molar-refractivity contribution in [2.75, 3.05) is 29.4 Å². The van der Waals surface area contributed by atoms with Crippen LogP contribution in [0.4, 0.5) is 11.4 Å². The zero-order chi connectivity index (χ0) is 17.6. The average molecular weight is 388 g/mol. The minimum atomic E-state index is 0.0400. The smallest absolute Gasteiger partial charge is 0.221 e. The Bertz CT molecular complexity index is 833. The van der Waals surface area contributed by atoms with E-state index >= 15 is 0 Å². The highest BCUT2D eigenvalue weighted by Gasteiger charge is 2.60. The van der Waals surface area contributed by atoms with Gasteiger partial charge in [-0.15, -0.1) is 0 Å². The number of rotatable bonds is 3. The van der Waals surface area contributed by atoms with Crippen LogP contribution in [-0.4, -0.2) is 30.9 Å². The predicted molar refractivity (Wildman–Crippen MR) is 119 cm³/mol. The number of thioether (sulfide) groups is 1. The molecule has 2 aliphatic rings. The van der Waals surface area contributed by atoms with Crippen LogP contribution in [0.1, 0.15) is 11.1 Å². The summed E-state index contributed by atoms with van der Waals surface area (Å²) in [6.45, 7) is 0. The standard InChI is InChI=1S/C20H22N2S3/c1-24-20(25(2)3)15-9-5-7-11-17(15)22-19(20)18-14(12-23)13-8-4-6-10-16(13)21-18/h4-12,18-19,21-22H,1-3H3/p+1/b14-12+. The van der Waals surface area contributed by atoms with Crippen molar-refractivity contribution in [1.29, 1.82) is 0 Å². The third kappa shape index (κ3) is 2.43. The SMILES string of the molecule is CSC1([S+](C)C)c2ccccc2NC1C1Nc2ccccc2/C1=C\S. The molecule has 2 aromatic carbocycles. The number of nitrogens with one attached hydrogen (secondary N) is 2. The lowest BCUT2D eigenvalue weighted by atomic mass is 9.95. The molecule has 0 fully saturated rings. The maximum atomic E-state index is 4.56. The maximum absolute atomic E-state index is 4.56. The highest BCUT2D eigenvalue weighted by molar-refractivity contribution is 8.15. The summed E-state index contributed by atoms with van der Waals surface area (Å²) >= 11 is 6.53. The molecule has 2 aliphatic heterocycles. The van der Waals surface area contributed by atoms with E-state index in [9.17, 15) is 0 Å². The Morgan fingerprint density at radius 1 is 1.04 bits per heavy atom. The first-order valence-electron chi connectivity index (χ1n) is 8.32. The molecule has 5 heteroatoms. The molecule has 0 saturated heterocycles. The summed E-state index contributed by atoms with van der Waals surface area (Å²) in [5, 5.41) is 9.59. The van der Waals surface area contributed by atoms with Crippen molar-refractivity contribution in [3.63, 3.8) is 0 Å². The lowest BCUT2D eigenvalue weighted by Crippen LogP contribution is -2.50. The van der Waals surface area contributed by atoms with Crippen molar-refractivity contribution in [2.24, 2.45) is 0 Å². The summed E-state index contributed by atoms with van der Waals surface area (Å²) in [5.74, 6) is 0. The number of hydrogen-bond acceptors (Lipinski definition) is 4. The van der Waals surface area contributed by atoms with Gasteiger partial charge in [0.2, 0.25) is 4.08 Å². The molecule has 0 aliphatic carbocycles. The van der Waals surface area contributed by atoms with Gasteiger partial charge in [-0.25, -0.2) is 0 Å². The van der Waals surface area contributed by atoms with Gasteiger partial charge < -0.3 is 10.6 Å². The largest absolute Gasteiger partial charge is 0.375 e. The molecule has 130 valence electrons. The first-order chi connectivity index (χ1) is 12.1. The number of anilines is 2. The third-order valence-electron chi connectivity index (χ3n) is 5.29. The van der Waals surface area contributed by atoms with Crippen LogP contribution in [0.2, 0.25) is 0 Å². The fraction of sp³-hybridized carbons (Fsp3) is 0.300. The normalized spacial score (nSPS) is 28.6. The monoisotopic (exact) mass is 387 g/mol. The zero-order valence-corrected chi connectivity index (χ0v) is 17.1. The second-order valence-electron chi connectivity index (χ2n) is 6.61. The molecule has 2 aromatic rings. The number of fused-ring (bicyclic) bond motifs is 2. The van der Waals surface area contributed by atoms with Crippen LogP contribution < -0.4 is 10.6 Å². The van der Waals surface area contributed by atoms with Crippen molar-refractivity contribution in [2.45, 2.75) is 16.2 Å². The molecule has 3 atom stereocenters. The molecule has 2 heterocycles. The van der Waals surface area contributed by atoms with E-state index in [1.54, 1.807) is 0 Å². The molecular formula is C20H23N2S3+. The van der Waals surface area contributed by atoms with E-state index in [0.29, 0.717) is 0 Å². The Kier molecular flexibility index (Phi) is 4.50. The Hall–Kier alpha value is -1.17. The molecule has 0 radical (unpaired) electrons. The topological polar surface area (TPSA) is 24.1 Å². The highest BCUT2D eigenvalue weighted by Crippen LogP contribution is 2.55. The van der Waals surface area contributed by atoms with Gasteiger partial charge in [0.1, 0.15) is 6.04 Å². The second-order valence-corrected chi connectivity index (χ2v) is 10.5. The van der Waals surface area contributed by atoms with Crippen LogP contribution >= 0.6 is 24.4 Å². The highest BCUT2D eigenvalue weighted by atomic mass is 32.2. The van der Waals surface area contributed by atoms with Crippen LogP contribution in [-0.2, 0) is 15.0 Å². The Morgan fingerprint density at radius 2 is 1.72 bits per heavy atom. The molecular weight excluding hydrogens is 364 g/mol. The van der Waals surface area contributed by atoms with Crippen LogP contribution in [0.5, 0.6) is 0 Å². The lowest BCUT2D eigenvalue weighted by Gasteiger charge is -2.35. The van der Waals surface area contributed by atoms with Gasteiger partial charge in [0.15, 0.2) is 0 Å². The average Bonchev–Trinajstić information content (AvgIpc) is 3.17. The van der Waals surface area contributed by atoms with E-state index < -0.39 is 0 Å². The number of para-hydroxylation sites is 2. The second kappa shape index (κ2) is 6.53. The van der Waals surface area contributed by atoms with Gasteiger partial charge in [-0.3, -0.25) is 0 Å². The minimum absolute atomic E-state index is 0.0400. The van der Waals surface area contributed by atoms with E-state index in [1.807, 2.05) is 17.2 Å². The molecule has 2 N–H and O–H groups in total. The maximum Gasteiger partial charge on any atom is 0.221 e. The van der Waals surface area contributed by atoms with Crippen LogP contribution in [0.25, 0.3) is 5.57 Å². The molecule has 0 aromatic heterocycles. The first-order valence-corrected chi connectivity index (χ1v) is 12.1. The Balaban J connectivity index is 1.84. The van der Waals surface area contributed by atoms with Gasteiger partial charge in [-0.05, 0) is 29.4 Å². The lowest BCUT2D eigenvalue weighted by molar-refractivity contribution is 0.666. The fourth-order valence-corrected chi connectivity index (χ4v) is 8.01. The molecule has 25 heavy (non-hydrogen) atoms. The van der Waals surface area contributed by atoms with Crippen molar-refractivity contribution < 1.29 is 0 Å². The summed E-state index contributed by atoms with van der Waals surface area (Å²) in [7, 11) is 0.189. The van der Waals surface area contributed by atoms with Gasteiger partial charge >= 0.3 is 0 Å². The zero-order valence-electron chi connectivity index (χ0n) is 14.6. The van der Waals surface area contributed by atoms with Crippen molar-refractivity contribution in [3.05, 3.63) is 65.1 Å². The molecule has 4 rings (SSSR count). The summed E-state index contributed by atoms with van der Waals surface area (Å²) in [6, 6.07) is 17.8. The molecule has 0 amide bonds. The number of hydrogen-bond donors (Lipinski definition) is 3. The fourth-order valence-electron chi connectivity index (χ4n) is 4.21. The molecule has 0 bridgehead atoms. The van der Waals surface area contributed by atoms with Gasteiger partial charge in [-0.2, -0.15) is 12.6 Å². The van der Waals surface area contributed by atoms with E-state index in [-0.39, 0.29) is 27.1 Å². The van der Waals surface area contributed by atoms with Crippen LogP contribution in [0, 0.1) is 0 Å². The van der Waals surface area contributed by atoms with Gasteiger partial charge in [0.25, 0.3) is 0 Å². The van der Waals surface area contributed by atoms with E-state index in [4.69, 9.17) is 0 Å². The molecule has 2 nitrogen and oxygen atoms in total. The van der Waals surface area contributed by atoms with E-state index in [2.05, 4.69) is 90.6 Å². The third-order valence-corrected chi connectivity index (χ3v) is 9.83. The van der Waals surface area contributed by atoms with Gasteiger partial charge in [-0.1, -0.05) is 48.2 Å². The minimum Gasteiger partial charge on any atom is -0.375 e. The first kappa shape index (κ1) is 17.3. The molecule has 0 saturated carbocycles. The molecule has 3 unspecified atom stereocenters. The summed E-state index contributed by atoms with van der Waals surface area (Å²) in [6.07, 6.45) is 6.97. The Labute approximate surface area is 162 Å². The van der Waals surface area contributed by atoms with Crippen molar-refractivity contribution in [3.8, 4) is 0 Å².